The van der Waals surface area contributed by atoms with Crippen LogP contribution in [0.5, 0.6) is 28.7 Å². The van der Waals surface area contributed by atoms with Crippen molar-refractivity contribution in [3.05, 3.63) is 111 Å². The van der Waals surface area contributed by atoms with Gasteiger partial charge in [-0.1, -0.05) is 54.4 Å². The molecule has 0 radical (unpaired) electrons. The van der Waals surface area contributed by atoms with E-state index in [1.807, 2.05) is 52.0 Å². The smallest absolute Gasteiger partial charge is 0.462 e. The molecule has 0 fully saturated rings. The molecule has 1 unspecified atom stereocenters. The van der Waals surface area contributed by atoms with Gasteiger partial charge >= 0.3 is 18.2 Å². The summed E-state index contributed by atoms with van der Waals surface area (Å²) in [6.07, 6.45) is -11.1. The highest BCUT2D eigenvalue weighted by Crippen LogP contribution is 2.48. The second-order valence-electron chi connectivity index (χ2n) is 12.8. The summed E-state index contributed by atoms with van der Waals surface area (Å²) in [4.78, 5) is 0. The van der Waals surface area contributed by atoms with E-state index in [4.69, 9.17) is 14.2 Å². The van der Waals surface area contributed by atoms with Gasteiger partial charge in [0.05, 0.1) is 13.7 Å². The van der Waals surface area contributed by atoms with Crippen LogP contribution in [0, 0.1) is 41.5 Å². The van der Waals surface area contributed by atoms with Crippen LogP contribution in [-0.4, -0.2) is 25.3 Å². The first kappa shape index (κ1) is 38.6. The molecule has 270 valence electrons. The molecule has 4 nitrogen and oxygen atoms in total. The normalized spacial score (nSPS) is 12.9. The summed E-state index contributed by atoms with van der Waals surface area (Å²) < 4.78 is 117. The van der Waals surface area contributed by atoms with Crippen LogP contribution in [0.2, 0.25) is 0 Å². The molecule has 0 heterocycles. The summed E-state index contributed by atoms with van der Waals surface area (Å²) in [6, 6.07) is 18.2. The number of alkyl halides is 7. The van der Waals surface area contributed by atoms with Crippen LogP contribution in [0.15, 0.2) is 60.7 Å². The van der Waals surface area contributed by atoms with Crippen molar-refractivity contribution in [2.24, 2.45) is 0 Å². The van der Waals surface area contributed by atoms with Crippen LogP contribution in [0.4, 0.5) is 30.7 Å². The Balaban J connectivity index is 1.72. The maximum Gasteiger partial charge on any atom is 0.462 e. The quantitative estimate of drug-likeness (QED) is 0.130. The number of hydrogen-bond donors (Lipinski definition) is 0. The van der Waals surface area contributed by atoms with Crippen molar-refractivity contribution in [2.45, 2.75) is 92.0 Å². The molecule has 11 heteroatoms. The predicted octanol–water partition coefficient (Wildman–Crippen LogP) is 12.2. The van der Waals surface area contributed by atoms with E-state index < -0.39 is 24.8 Å². The summed E-state index contributed by atoms with van der Waals surface area (Å²) in [7, 11) is 1.54. The highest BCUT2D eigenvalue weighted by atomic mass is 19.4. The van der Waals surface area contributed by atoms with Crippen molar-refractivity contribution in [3.63, 3.8) is 0 Å². The van der Waals surface area contributed by atoms with Gasteiger partial charge in [-0.25, -0.2) is 0 Å². The van der Waals surface area contributed by atoms with Crippen molar-refractivity contribution in [2.75, 3.05) is 7.11 Å². The Hall–Kier alpha value is -4.25. The van der Waals surface area contributed by atoms with Crippen LogP contribution in [0.1, 0.15) is 69.3 Å². The van der Waals surface area contributed by atoms with E-state index in [-0.39, 0.29) is 28.7 Å². The minimum absolute atomic E-state index is 0.0654. The Kier molecular flexibility index (Phi) is 11.5. The first-order chi connectivity index (χ1) is 23.2. The Morgan fingerprint density at radius 1 is 0.600 bits per heavy atom. The number of halogens is 7. The van der Waals surface area contributed by atoms with Crippen molar-refractivity contribution in [3.8, 4) is 28.7 Å². The fraction of sp³-hybridized carbons (Fsp3) is 0.385. The zero-order valence-electron chi connectivity index (χ0n) is 29.3. The summed E-state index contributed by atoms with van der Waals surface area (Å²) in [6.45, 7) is 11.7. The number of methoxy groups -OCH3 is 1. The van der Waals surface area contributed by atoms with E-state index in [0.29, 0.717) is 29.0 Å². The maximum absolute atomic E-state index is 14.3. The molecule has 0 amide bonds. The molecule has 0 spiro atoms. The zero-order chi connectivity index (χ0) is 37.2. The summed E-state index contributed by atoms with van der Waals surface area (Å²) >= 11 is 0. The van der Waals surface area contributed by atoms with Crippen molar-refractivity contribution >= 4 is 0 Å². The van der Waals surface area contributed by atoms with E-state index in [2.05, 4.69) is 23.8 Å². The highest BCUT2D eigenvalue weighted by molar-refractivity contribution is 5.53. The van der Waals surface area contributed by atoms with Crippen LogP contribution in [-0.2, 0) is 17.8 Å². The lowest BCUT2D eigenvalue weighted by Gasteiger charge is -2.28. The van der Waals surface area contributed by atoms with Crippen LogP contribution >= 0.6 is 0 Å². The molecule has 0 saturated carbocycles. The molecule has 4 aromatic carbocycles. The first-order valence-corrected chi connectivity index (χ1v) is 16.0. The van der Waals surface area contributed by atoms with Crippen molar-refractivity contribution < 1.29 is 49.7 Å². The number of hydrogen-bond acceptors (Lipinski definition) is 4. The molecule has 4 rings (SSSR count). The Morgan fingerprint density at radius 2 is 1.10 bits per heavy atom. The standard InChI is InChI=1S/C39H41F7O4/c1-22-9-12-29(13-10-22)24(3)11-14-30-19-32(17-27(6)35(30)47-8)50-36-28(7)18-33(49-34-25(4)15-23(2)16-26(34)5)20-31(36)21-48-39(45,46)37(40,41)38(42,43)44/h9-10,12-13,15-20,24H,11,14,21H2,1-8H3. The van der Waals surface area contributed by atoms with Gasteiger partial charge in [0.2, 0.25) is 0 Å². The minimum Gasteiger partial charge on any atom is -0.496 e. The van der Waals surface area contributed by atoms with Crippen molar-refractivity contribution in [1.82, 2.24) is 0 Å². The van der Waals surface area contributed by atoms with Gasteiger partial charge in [0.15, 0.2) is 0 Å². The average Bonchev–Trinajstić information content (AvgIpc) is 3.01. The van der Waals surface area contributed by atoms with Gasteiger partial charge in [-0.05, 0) is 118 Å². The fourth-order valence-corrected chi connectivity index (χ4v) is 5.89. The van der Waals surface area contributed by atoms with Gasteiger partial charge in [-0.3, -0.25) is 0 Å². The average molecular weight is 707 g/mol. The highest BCUT2D eigenvalue weighted by Gasteiger charge is 2.74. The Bertz CT molecular complexity index is 1790. The lowest BCUT2D eigenvalue weighted by Crippen LogP contribution is -2.53. The summed E-state index contributed by atoms with van der Waals surface area (Å²) in [5.74, 6) is -4.80. The molecule has 1 atom stereocenters. The van der Waals surface area contributed by atoms with Gasteiger partial charge in [0, 0.05) is 5.56 Å². The van der Waals surface area contributed by atoms with E-state index in [1.165, 1.54) is 11.6 Å². The van der Waals surface area contributed by atoms with Gasteiger partial charge in [0.25, 0.3) is 0 Å². The Morgan fingerprint density at radius 3 is 1.64 bits per heavy atom. The van der Waals surface area contributed by atoms with Gasteiger partial charge in [0.1, 0.15) is 28.7 Å². The molecule has 0 aliphatic rings. The fourth-order valence-electron chi connectivity index (χ4n) is 5.89. The van der Waals surface area contributed by atoms with E-state index in [9.17, 15) is 30.7 Å². The maximum atomic E-state index is 14.3. The third-order valence-electron chi connectivity index (χ3n) is 8.52. The van der Waals surface area contributed by atoms with Crippen LogP contribution < -0.4 is 14.2 Å². The number of aryl methyl sites for hydroxylation is 7. The first-order valence-electron chi connectivity index (χ1n) is 16.0. The number of ether oxygens (including phenoxy) is 4. The second kappa shape index (κ2) is 14.9. The topological polar surface area (TPSA) is 36.9 Å². The molecule has 0 N–H and O–H groups in total. The zero-order valence-corrected chi connectivity index (χ0v) is 29.3. The predicted molar refractivity (Wildman–Crippen MR) is 178 cm³/mol. The van der Waals surface area contributed by atoms with Gasteiger partial charge in [-0.2, -0.15) is 30.7 Å². The molecular formula is C39H41F7O4. The third kappa shape index (κ3) is 8.54. The van der Waals surface area contributed by atoms with E-state index in [0.717, 1.165) is 34.2 Å². The van der Waals surface area contributed by atoms with Crippen LogP contribution in [0.3, 0.4) is 0 Å². The summed E-state index contributed by atoms with van der Waals surface area (Å²) in [5.41, 5.74) is 6.46. The monoisotopic (exact) mass is 706 g/mol. The third-order valence-corrected chi connectivity index (χ3v) is 8.52. The lowest BCUT2D eigenvalue weighted by molar-refractivity contribution is -0.426. The van der Waals surface area contributed by atoms with Crippen LogP contribution in [0.25, 0.3) is 0 Å². The molecule has 50 heavy (non-hydrogen) atoms. The largest absolute Gasteiger partial charge is 0.496 e. The van der Waals surface area contributed by atoms with Gasteiger partial charge < -0.3 is 18.9 Å². The Labute approximate surface area is 288 Å². The number of rotatable bonds is 13. The molecule has 0 saturated heterocycles. The van der Waals surface area contributed by atoms with Crippen molar-refractivity contribution in [1.29, 1.82) is 0 Å². The van der Waals surface area contributed by atoms with E-state index >= 15 is 0 Å². The lowest BCUT2D eigenvalue weighted by atomic mass is 9.92. The molecular weight excluding hydrogens is 665 g/mol. The molecule has 0 bridgehead atoms. The number of benzene rings is 4. The molecule has 0 aromatic heterocycles. The molecule has 0 aliphatic carbocycles. The van der Waals surface area contributed by atoms with E-state index in [1.54, 1.807) is 39.2 Å². The molecule has 4 aromatic rings. The van der Waals surface area contributed by atoms with Gasteiger partial charge in [-0.15, -0.1) is 0 Å². The molecule has 0 aliphatic heterocycles. The second-order valence-corrected chi connectivity index (χ2v) is 12.8. The summed E-state index contributed by atoms with van der Waals surface area (Å²) in [5, 5.41) is 0. The minimum atomic E-state index is -6.55. The SMILES string of the molecule is COc1c(C)cc(Oc2c(C)cc(Oc3c(C)cc(C)cc3C)cc2COC(F)(F)C(F)(F)C(F)(F)F)cc1CCC(C)c1ccc(C)cc1.